The number of para-hydroxylation sites is 1. The van der Waals surface area contributed by atoms with Crippen LogP contribution in [0.5, 0.6) is 0 Å². The molecule has 2 N–H and O–H groups in total. The number of hydrogen-bond donors (Lipinski definition) is 2. The summed E-state index contributed by atoms with van der Waals surface area (Å²) in [5, 5.41) is 2.91. The predicted octanol–water partition coefficient (Wildman–Crippen LogP) is 3.28. The molecule has 0 aliphatic rings. The summed E-state index contributed by atoms with van der Waals surface area (Å²) in [5.74, 6) is -1.51. The number of esters is 2. The summed E-state index contributed by atoms with van der Waals surface area (Å²) in [6, 6.07) is 6.87. The molecular formula is C20H24N2O5. The summed E-state index contributed by atoms with van der Waals surface area (Å²) < 4.78 is 10.4. The second-order valence-electron chi connectivity index (χ2n) is 6.05. The summed E-state index contributed by atoms with van der Waals surface area (Å²) >= 11 is 0. The molecule has 0 amide bonds. The maximum Gasteiger partial charge on any atom is 0.340 e. The van der Waals surface area contributed by atoms with Gasteiger partial charge in [-0.05, 0) is 45.4 Å². The van der Waals surface area contributed by atoms with Gasteiger partial charge in [0, 0.05) is 18.4 Å². The Morgan fingerprint density at radius 1 is 1.15 bits per heavy atom. The van der Waals surface area contributed by atoms with Crippen LogP contribution in [0.25, 0.3) is 0 Å². The number of H-pyrrole nitrogens is 1. The Kier molecular flexibility index (Phi) is 6.39. The van der Waals surface area contributed by atoms with Crippen molar-refractivity contribution in [3.63, 3.8) is 0 Å². The Balaban J connectivity index is 2.22. The Labute approximate surface area is 158 Å². The van der Waals surface area contributed by atoms with E-state index in [1.54, 1.807) is 52.1 Å². The van der Waals surface area contributed by atoms with Crippen molar-refractivity contribution < 1.29 is 23.9 Å². The van der Waals surface area contributed by atoms with Gasteiger partial charge in [-0.25, -0.2) is 9.59 Å². The minimum absolute atomic E-state index is 0.234. The van der Waals surface area contributed by atoms with E-state index in [4.69, 9.17) is 9.47 Å². The van der Waals surface area contributed by atoms with Crippen LogP contribution >= 0.6 is 0 Å². The lowest BCUT2D eigenvalue weighted by Crippen LogP contribution is -2.25. The number of benzene rings is 1. The summed E-state index contributed by atoms with van der Waals surface area (Å²) in [6.45, 7) is 6.81. The average molecular weight is 372 g/mol. The van der Waals surface area contributed by atoms with Crippen molar-refractivity contribution in [2.45, 2.75) is 33.8 Å². The van der Waals surface area contributed by atoms with Crippen LogP contribution in [0.15, 0.2) is 24.3 Å². The zero-order valence-electron chi connectivity index (χ0n) is 16.1. The highest BCUT2D eigenvalue weighted by molar-refractivity contribution is 6.05. The summed E-state index contributed by atoms with van der Waals surface area (Å²) in [5.41, 5.74) is 2.53. The highest BCUT2D eigenvalue weighted by Crippen LogP contribution is 2.22. The van der Waals surface area contributed by atoms with Gasteiger partial charge in [0.2, 0.25) is 5.78 Å². The number of aromatic nitrogens is 1. The second kappa shape index (κ2) is 8.53. The third-order valence-corrected chi connectivity index (χ3v) is 4.23. The molecule has 0 spiro atoms. The van der Waals surface area contributed by atoms with Crippen molar-refractivity contribution in [3.8, 4) is 0 Å². The molecule has 0 unspecified atom stereocenters. The fourth-order valence-electron chi connectivity index (χ4n) is 2.87. The van der Waals surface area contributed by atoms with E-state index in [-0.39, 0.29) is 12.3 Å². The summed E-state index contributed by atoms with van der Waals surface area (Å²) in [7, 11) is 1.70. The van der Waals surface area contributed by atoms with Crippen LogP contribution in [-0.4, -0.2) is 42.5 Å². The molecule has 144 valence electrons. The van der Waals surface area contributed by atoms with Gasteiger partial charge in [-0.2, -0.15) is 0 Å². The van der Waals surface area contributed by atoms with E-state index in [1.165, 1.54) is 6.92 Å². The lowest BCUT2D eigenvalue weighted by molar-refractivity contribution is 0.0317. The lowest BCUT2D eigenvalue weighted by atomic mass is 10.1. The van der Waals surface area contributed by atoms with Crippen LogP contribution in [0.4, 0.5) is 5.69 Å². The third kappa shape index (κ3) is 4.19. The molecule has 0 radical (unpaired) electrons. The molecule has 0 aliphatic carbocycles. The first-order chi connectivity index (χ1) is 12.8. The van der Waals surface area contributed by atoms with Crippen LogP contribution in [0.1, 0.15) is 56.3 Å². The van der Waals surface area contributed by atoms with Gasteiger partial charge in [0.05, 0.1) is 23.4 Å². The first-order valence-electron chi connectivity index (χ1n) is 8.70. The molecule has 7 heteroatoms. The zero-order chi connectivity index (χ0) is 20.1. The smallest absolute Gasteiger partial charge is 0.340 e. The van der Waals surface area contributed by atoms with Gasteiger partial charge in [0.15, 0.2) is 6.10 Å². The van der Waals surface area contributed by atoms with Crippen LogP contribution in [0.2, 0.25) is 0 Å². The molecule has 2 aromatic rings. The third-order valence-electron chi connectivity index (χ3n) is 4.23. The number of carbonyl (C=O) groups is 3. The number of carbonyl (C=O) groups excluding carboxylic acids is 3. The number of aryl methyl sites for hydroxylation is 1. The normalized spacial score (nSPS) is 11.6. The number of aromatic amines is 1. The van der Waals surface area contributed by atoms with E-state index in [0.717, 1.165) is 0 Å². The number of ketones is 1. The molecule has 1 aromatic carbocycles. The summed E-state index contributed by atoms with van der Waals surface area (Å²) in [6.07, 6.45) is -1.02. The molecule has 0 fully saturated rings. The van der Waals surface area contributed by atoms with Gasteiger partial charge >= 0.3 is 11.9 Å². The minimum atomic E-state index is -1.02. The largest absolute Gasteiger partial charge is 0.462 e. The number of ether oxygens (including phenoxy) is 2. The van der Waals surface area contributed by atoms with E-state index in [0.29, 0.717) is 28.1 Å². The Hall–Kier alpha value is -3.09. The van der Waals surface area contributed by atoms with E-state index in [1.807, 2.05) is 0 Å². The van der Waals surface area contributed by atoms with E-state index in [2.05, 4.69) is 10.3 Å². The number of rotatable bonds is 7. The average Bonchev–Trinajstić information content (AvgIpc) is 2.95. The minimum Gasteiger partial charge on any atom is -0.462 e. The molecule has 7 nitrogen and oxygen atoms in total. The van der Waals surface area contributed by atoms with Gasteiger partial charge in [-0.1, -0.05) is 12.1 Å². The molecule has 1 heterocycles. The van der Waals surface area contributed by atoms with Crippen molar-refractivity contribution in [1.82, 2.24) is 4.98 Å². The van der Waals surface area contributed by atoms with Crippen LogP contribution < -0.4 is 5.32 Å². The first-order valence-corrected chi connectivity index (χ1v) is 8.70. The summed E-state index contributed by atoms with van der Waals surface area (Å²) in [4.78, 5) is 40.2. The second-order valence-corrected chi connectivity index (χ2v) is 6.05. The topological polar surface area (TPSA) is 97.5 Å². The van der Waals surface area contributed by atoms with Gasteiger partial charge < -0.3 is 19.8 Å². The SMILES string of the molecule is CCOC(=O)c1c(C)[nH]c(C(=O)[C@H](C)OC(=O)c2ccccc2NC)c1C. The van der Waals surface area contributed by atoms with Crippen LogP contribution in [0, 0.1) is 13.8 Å². The molecule has 0 saturated heterocycles. The van der Waals surface area contributed by atoms with Gasteiger partial charge in [0.25, 0.3) is 0 Å². The van der Waals surface area contributed by atoms with Gasteiger partial charge in [0.1, 0.15) is 0 Å². The molecule has 0 aliphatic heterocycles. The van der Waals surface area contributed by atoms with Crippen molar-refractivity contribution in [3.05, 3.63) is 52.3 Å². The molecule has 2 rings (SSSR count). The standard InChI is InChI=1S/C20H24N2O5/c1-6-26-20(25)16-11(2)17(22-12(16)3)18(23)13(4)27-19(24)14-9-7-8-10-15(14)21-5/h7-10,13,21-22H,6H2,1-5H3/t13-/m0/s1. The van der Waals surface area contributed by atoms with Gasteiger partial charge in [-0.3, -0.25) is 4.79 Å². The van der Waals surface area contributed by atoms with Crippen LogP contribution in [-0.2, 0) is 9.47 Å². The number of nitrogens with one attached hydrogen (secondary N) is 2. The zero-order valence-corrected chi connectivity index (χ0v) is 16.1. The fourth-order valence-corrected chi connectivity index (χ4v) is 2.87. The van der Waals surface area contributed by atoms with Crippen LogP contribution in [0.3, 0.4) is 0 Å². The number of Topliss-reactive ketones (excluding diaryl/α,β-unsaturated/α-hetero) is 1. The highest BCUT2D eigenvalue weighted by Gasteiger charge is 2.28. The Morgan fingerprint density at radius 2 is 1.81 bits per heavy atom. The van der Waals surface area contributed by atoms with Crippen molar-refractivity contribution in [2.75, 3.05) is 19.0 Å². The highest BCUT2D eigenvalue weighted by atomic mass is 16.5. The maximum absolute atomic E-state index is 12.8. The molecule has 27 heavy (non-hydrogen) atoms. The van der Waals surface area contributed by atoms with Gasteiger partial charge in [-0.15, -0.1) is 0 Å². The quantitative estimate of drug-likeness (QED) is 0.572. The molecular weight excluding hydrogens is 348 g/mol. The fraction of sp³-hybridized carbons (Fsp3) is 0.350. The van der Waals surface area contributed by atoms with E-state index in [9.17, 15) is 14.4 Å². The first kappa shape index (κ1) is 20.2. The molecule has 0 bridgehead atoms. The Morgan fingerprint density at radius 3 is 2.44 bits per heavy atom. The maximum atomic E-state index is 12.8. The molecule has 0 saturated carbocycles. The molecule has 1 atom stereocenters. The van der Waals surface area contributed by atoms with E-state index >= 15 is 0 Å². The van der Waals surface area contributed by atoms with E-state index < -0.39 is 23.8 Å². The monoisotopic (exact) mass is 372 g/mol. The molecule has 1 aromatic heterocycles. The lowest BCUT2D eigenvalue weighted by Gasteiger charge is -2.14. The Bertz CT molecular complexity index is 869. The van der Waals surface area contributed by atoms with Crippen molar-refractivity contribution >= 4 is 23.4 Å². The number of anilines is 1. The number of hydrogen-bond acceptors (Lipinski definition) is 6. The van der Waals surface area contributed by atoms with Crippen molar-refractivity contribution in [1.29, 1.82) is 0 Å². The van der Waals surface area contributed by atoms with Crippen molar-refractivity contribution in [2.24, 2.45) is 0 Å². The predicted molar refractivity (Wildman–Crippen MR) is 101 cm³/mol.